The molecule has 1 amide bonds. The Morgan fingerprint density at radius 2 is 1.92 bits per heavy atom. The number of benzene rings is 1. The molecule has 0 spiro atoms. The lowest BCUT2D eigenvalue weighted by molar-refractivity contribution is -0.135. The number of hydrogen-bond acceptors (Lipinski definition) is 3. The van der Waals surface area contributed by atoms with Crippen LogP contribution in [0.5, 0.6) is 5.75 Å². The molecule has 1 aromatic rings. The normalized spacial score (nSPS) is 15.6. The first kappa shape index (κ1) is 20.6. The lowest BCUT2D eigenvalue weighted by Gasteiger charge is -2.38. The first-order valence-corrected chi connectivity index (χ1v) is 8.93. The Bertz CT molecular complexity index is 626. The van der Waals surface area contributed by atoms with E-state index >= 15 is 0 Å². The van der Waals surface area contributed by atoms with Gasteiger partial charge in [-0.2, -0.15) is 13.2 Å². The average Bonchev–Trinajstić information content (AvgIpc) is 2.52. The summed E-state index contributed by atoms with van der Waals surface area (Å²) in [6.45, 7) is 6.53. The summed E-state index contributed by atoms with van der Waals surface area (Å²) in [6, 6.07) is 4.01. The second kappa shape index (κ2) is 8.75. The maximum atomic E-state index is 12.1. The number of carbonyl (C=O) groups is 1. The summed E-state index contributed by atoms with van der Waals surface area (Å²) >= 11 is 0. The van der Waals surface area contributed by atoms with Gasteiger partial charge in [-0.15, -0.1) is 0 Å². The third-order valence-electron chi connectivity index (χ3n) is 4.71. The number of nitrogens with one attached hydrogen (secondary N) is 1. The average molecular weight is 372 g/mol. The van der Waals surface area contributed by atoms with Gasteiger partial charge in [0.15, 0.2) is 0 Å². The summed E-state index contributed by atoms with van der Waals surface area (Å²) in [5, 5.41) is 2.67. The number of aryl methyl sites for hydroxylation is 2. The molecule has 2 rings (SSSR count). The maximum Gasteiger partial charge on any atom is 0.389 e. The Hall–Kier alpha value is -1.76. The summed E-state index contributed by atoms with van der Waals surface area (Å²) in [7, 11) is 1.65. The van der Waals surface area contributed by atoms with Crippen molar-refractivity contribution >= 4 is 5.91 Å². The topological polar surface area (TPSA) is 41.6 Å². The van der Waals surface area contributed by atoms with Crippen molar-refractivity contribution in [3.63, 3.8) is 0 Å². The first-order valence-electron chi connectivity index (χ1n) is 8.93. The van der Waals surface area contributed by atoms with Crippen LogP contribution in [0.3, 0.4) is 0 Å². The molecule has 0 bridgehead atoms. The highest BCUT2D eigenvalue weighted by Gasteiger charge is 2.32. The van der Waals surface area contributed by atoms with E-state index < -0.39 is 12.6 Å². The van der Waals surface area contributed by atoms with E-state index in [9.17, 15) is 18.0 Å². The van der Waals surface area contributed by atoms with Crippen LogP contribution in [0.25, 0.3) is 0 Å². The molecule has 4 nitrogen and oxygen atoms in total. The summed E-state index contributed by atoms with van der Waals surface area (Å²) in [5.74, 6) is 0.884. The second-order valence-corrected chi connectivity index (χ2v) is 6.97. The lowest BCUT2D eigenvalue weighted by Crippen LogP contribution is -2.52. The van der Waals surface area contributed by atoms with Gasteiger partial charge in [0.2, 0.25) is 5.91 Å². The third-order valence-corrected chi connectivity index (χ3v) is 4.71. The molecule has 1 aromatic carbocycles. The van der Waals surface area contributed by atoms with Crippen molar-refractivity contribution in [2.24, 2.45) is 5.92 Å². The smallest absolute Gasteiger partial charge is 0.389 e. The van der Waals surface area contributed by atoms with Gasteiger partial charge < -0.3 is 10.1 Å². The van der Waals surface area contributed by atoms with E-state index in [0.29, 0.717) is 6.42 Å². The Kier molecular flexibility index (Phi) is 6.92. The molecule has 26 heavy (non-hydrogen) atoms. The Labute approximate surface area is 152 Å². The summed E-state index contributed by atoms with van der Waals surface area (Å²) in [6.07, 6.45) is -4.39. The summed E-state index contributed by atoms with van der Waals surface area (Å²) in [5.41, 5.74) is 3.25. The van der Waals surface area contributed by atoms with Gasteiger partial charge in [0.05, 0.1) is 12.5 Å². The zero-order chi connectivity index (χ0) is 19.3. The molecule has 0 aliphatic carbocycles. The highest BCUT2D eigenvalue weighted by atomic mass is 19.4. The van der Waals surface area contributed by atoms with Crippen molar-refractivity contribution < 1.29 is 22.7 Å². The fourth-order valence-electron chi connectivity index (χ4n) is 3.09. The van der Waals surface area contributed by atoms with Crippen LogP contribution in [0.2, 0.25) is 0 Å². The lowest BCUT2D eigenvalue weighted by atomic mass is 9.96. The number of ether oxygens (including phenoxy) is 1. The number of nitrogens with zero attached hydrogens (tertiary/aromatic N) is 1. The zero-order valence-electron chi connectivity index (χ0n) is 15.6. The highest BCUT2D eigenvalue weighted by molar-refractivity contribution is 5.79. The Morgan fingerprint density at radius 1 is 1.23 bits per heavy atom. The zero-order valence-corrected chi connectivity index (χ0v) is 15.6. The molecular weight excluding hydrogens is 345 g/mol. The SMILES string of the molecule is CNC(=O)C1CN(Cc2cc(C)c(OCCCCC(F)(F)F)cc2C)C1. The van der Waals surface area contributed by atoms with Crippen LogP contribution < -0.4 is 10.1 Å². The number of carbonyl (C=O) groups excluding carboxylic acids is 1. The predicted molar refractivity (Wildman–Crippen MR) is 94.2 cm³/mol. The molecule has 0 atom stereocenters. The van der Waals surface area contributed by atoms with Gasteiger partial charge >= 0.3 is 6.18 Å². The fraction of sp³-hybridized carbons (Fsp3) is 0.632. The van der Waals surface area contributed by atoms with E-state index in [0.717, 1.165) is 36.5 Å². The van der Waals surface area contributed by atoms with Crippen molar-refractivity contribution in [2.75, 3.05) is 26.7 Å². The molecule has 1 heterocycles. The van der Waals surface area contributed by atoms with Crippen molar-refractivity contribution in [3.8, 4) is 5.75 Å². The molecule has 146 valence electrons. The molecular formula is C19H27F3N2O2. The Balaban J connectivity index is 1.81. The number of alkyl halides is 3. The van der Waals surface area contributed by atoms with Crippen molar-refractivity contribution in [3.05, 3.63) is 28.8 Å². The van der Waals surface area contributed by atoms with Crippen molar-refractivity contribution in [2.45, 2.75) is 45.8 Å². The molecule has 1 aliphatic rings. The standard InChI is InChI=1S/C19H27F3N2O2/c1-13-9-17(26-7-5-4-6-19(20,21)22)14(2)8-15(13)10-24-11-16(12-24)18(25)23-3/h8-9,16H,4-7,10-12H2,1-3H3,(H,23,25). The van der Waals surface area contributed by atoms with Gasteiger partial charge in [0.1, 0.15) is 5.75 Å². The molecule has 1 N–H and O–H groups in total. The van der Waals surface area contributed by atoms with Crippen LogP contribution in [-0.4, -0.2) is 43.7 Å². The van der Waals surface area contributed by atoms with Crippen LogP contribution in [0.15, 0.2) is 12.1 Å². The number of rotatable bonds is 8. The van der Waals surface area contributed by atoms with Crippen LogP contribution in [0.4, 0.5) is 13.2 Å². The number of unbranched alkanes of at least 4 members (excludes halogenated alkanes) is 1. The summed E-state index contributed by atoms with van der Waals surface area (Å²) < 4.78 is 42.0. The van der Waals surface area contributed by atoms with Crippen LogP contribution in [0, 0.1) is 19.8 Å². The van der Waals surface area contributed by atoms with Gasteiger partial charge in [-0.05, 0) is 49.4 Å². The number of hydrogen-bond donors (Lipinski definition) is 1. The number of halogens is 3. The molecule has 7 heteroatoms. The fourth-order valence-corrected chi connectivity index (χ4v) is 3.09. The Morgan fingerprint density at radius 3 is 2.54 bits per heavy atom. The molecule has 0 radical (unpaired) electrons. The molecule has 1 fully saturated rings. The molecule has 0 unspecified atom stereocenters. The third kappa shape index (κ3) is 5.90. The van der Waals surface area contributed by atoms with Gasteiger partial charge in [-0.25, -0.2) is 0 Å². The second-order valence-electron chi connectivity index (χ2n) is 6.97. The molecule has 0 aromatic heterocycles. The monoisotopic (exact) mass is 372 g/mol. The van der Waals surface area contributed by atoms with E-state index in [1.165, 1.54) is 5.56 Å². The van der Waals surface area contributed by atoms with E-state index in [4.69, 9.17) is 4.74 Å². The van der Waals surface area contributed by atoms with Crippen LogP contribution in [-0.2, 0) is 11.3 Å². The van der Waals surface area contributed by atoms with E-state index in [2.05, 4.69) is 16.3 Å². The minimum atomic E-state index is -4.10. The predicted octanol–water partition coefficient (Wildman–Crippen LogP) is 3.59. The molecule has 1 aliphatic heterocycles. The van der Waals surface area contributed by atoms with Crippen molar-refractivity contribution in [1.82, 2.24) is 10.2 Å². The first-order chi connectivity index (χ1) is 12.2. The minimum absolute atomic E-state index is 0.0701. The van der Waals surface area contributed by atoms with Gasteiger partial charge in [-0.3, -0.25) is 9.69 Å². The van der Waals surface area contributed by atoms with E-state index in [-0.39, 0.29) is 24.9 Å². The van der Waals surface area contributed by atoms with E-state index in [1.54, 1.807) is 7.05 Å². The van der Waals surface area contributed by atoms with E-state index in [1.807, 2.05) is 19.9 Å². The largest absolute Gasteiger partial charge is 0.493 e. The van der Waals surface area contributed by atoms with Crippen LogP contribution in [0.1, 0.15) is 36.0 Å². The van der Waals surface area contributed by atoms with Crippen molar-refractivity contribution in [1.29, 1.82) is 0 Å². The number of amides is 1. The highest BCUT2D eigenvalue weighted by Crippen LogP contribution is 2.27. The van der Waals surface area contributed by atoms with Gasteiger partial charge in [0.25, 0.3) is 0 Å². The van der Waals surface area contributed by atoms with Crippen LogP contribution >= 0.6 is 0 Å². The number of likely N-dealkylation sites (tertiary alicyclic amines) is 1. The quantitative estimate of drug-likeness (QED) is 0.709. The minimum Gasteiger partial charge on any atom is -0.493 e. The van der Waals surface area contributed by atoms with Gasteiger partial charge in [-0.1, -0.05) is 6.07 Å². The van der Waals surface area contributed by atoms with Gasteiger partial charge in [0, 0.05) is 33.1 Å². The maximum absolute atomic E-state index is 12.1. The molecule has 1 saturated heterocycles. The summed E-state index contributed by atoms with van der Waals surface area (Å²) in [4.78, 5) is 13.8. The molecule has 0 saturated carbocycles.